The fourth-order valence-electron chi connectivity index (χ4n) is 1.99. The Morgan fingerprint density at radius 1 is 1.11 bits per heavy atom. The van der Waals surface area contributed by atoms with Gasteiger partial charge in [-0.2, -0.15) is 10.7 Å². The molecule has 0 aromatic heterocycles. The highest BCUT2D eigenvalue weighted by Gasteiger charge is 2.14. The molecule has 3 rings (SSSR count). The van der Waals surface area contributed by atoms with Crippen molar-refractivity contribution in [3.8, 4) is 11.1 Å². The summed E-state index contributed by atoms with van der Waals surface area (Å²) in [6.07, 6.45) is 2.37. The van der Waals surface area contributed by atoms with Gasteiger partial charge in [0.05, 0.1) is 5.69 Å². The Morgan fingerprint density at radius 2 is 1.95 bits per heavy atom. The summed E-state index contributed by atoms with van der Waals surface area (Å²) in [5.41, 5.74) is 9.30. The van der Waals surface area contributed by atoms with Crippen molar-refractivity contribution in [2.75, 3.05) is 5.12 Å². The summed E-state index contributed by atoms with van der Waals surface area (Å²) in [4.78, 5) is 10.9. The normalized spacial score (nSPS) is 12.9. The second-order valence-corrected chi connectivity index (χ2v) is 4.08. The van der Waals surface area contributed by atoms with E-state index in [0.717, 1.165) is 23.1 Å². The third-order valence-electron chi connectivity index (χ3n) is 2.89. The molecule has 0 radical (unpaired) electrons. The summed E-state index contributed by atoms with van der Waals surface area (Å²) in [5, 5.41) is 5.54. The lowest BCUT2D eigenvalue weighted by atomic mass is 10.0. The Bertz CT molecular complexity index is 617. The molecule has 2 aromatic carbocycles. The minimum absolute atomic E-state index is 0.616. The standard InChI is InChI=1S/C14H12N4O/c19-9-11-6-7-13(12-4-2-1-3-5-12)14(8-11)18-16-10-15-17-18/h1-10,17H,(H,15,16). The third kappa shape index (κ3) is 2.13. The average molecular weight is 252 g/mol. The highest BCUT2D eigenvalue weighted by atomic mass is 16.1. The first-order chi connectivity index (χ1) is 9.38. The maximum atomic E-state index is 10.9. The average Bonchev–Trinajstić information content (AvgIpc) is 3.01. The SMILES string of the molecule is O=Cc1ccc(-c2ccccc2)c(N2NC=NN2)c1. The van der Waals surface area contributed by atoms with Gasteiger partial charge in [-0.25, -0.2) is 0 Å². The molecule has 0 saturated carbocycles. The lowest BCUT2D eigenvalue weighted by Crippen LogP contribution is -2.39. The first-order valence-corrected chi connectivity index (χ1v) is 5.86. The van der Waals surface area contributed by atoms with Gasteiger partial charge >= 0.3 is 0 Å². The van der Waals surface area contributed by atoms with E-state index in [1.165, 1.54) is 0 Å². The van der Waals surface area contributed by atoms with Crippen LogP contribution in [0.25, 0.3) is 11.1 Å². The quantitative estimate of drug-likeness (QED) is 0.820. The van der Waals surface area contributed by atoms with Crippen LogP contribution < -0.4 is 16.1 Å². The van der Waals surface area contributed by atoms with Crippen LogP contribution in [0.4, 0.5) is 5.69 Å². The number of nitrogens with zero attached hydrogens (tertiary/aromatic N) is 2. The van der Waals surface area contributed by atoms with Crippen molar-refractivity contribution in [1.82, 2.24) is 11.0 Å². The molecule has 5 heteroatoms. The van der Waals surface area contributed by atoms with Gasteiger partial charge in [-0.05, 0) is 11.6 Å². The molecule has 2 N–H and O–H groups in total. The molecule has 19 heavy (non-hydrogen) atoms. The van der Waals surface area contributed by atoms with E-state index in [1.54, 1.807) is 17.5 Å². The van der Waals surface area contributed by atoms with E-state index in [-0.39, 0.29) is 0 Å². The molecule has 0 atom stereocenters. The van der Waals surface area contributed by atoms with E-state index >= 15 is 0 Å². The van der Waals surface area contributed by atoms with Crippen LogP contribution in [0, 0.1) is 0 Å². The van der Waals surface area contributed by atoms with Gasteiger partial charge in [0, 0.05) is 11.1 Å². The lowest BCUT2D eigenvalue weighted by Gasteiger charge is -2.20. The molecular weight excluding hydrogens is 240 g/mol. The molecule has 0 saturated heterocycles. The van der Waals surface area contributed by atoms with Crippen molar-refractivity contribution in [2.45, 2.75) is 0 Å². The first kappa shape index (κ1) is 11.3. The fraction of sp³-hybridized carbons (Fsp3) is 0. The number of nitrogens with one attached hydrogen (secondary N) is 2. The smallest absolute Gasteiger partial charge is 0.150 e. The van der Waals surface area contributed by atoms with Gasteiger partial charge in [-0.15, -0.1) is 5.10 Å². The van der Waals surface area contributed by atoms with Crippen molar-refractivity contribution < 1.29 is 4.79 Å². The lowest BCUT2D eigenvalue weighted by molar-refractivity contribution is 0.112. The molecule has 0 fully saturated rings. The summed E-state index contributed by atoms with van der Waals surface area (Å²) in [6, 6.07) is 15.5. The van der Waals surface area contributed by atoms with Crippen LogP contribution in [0.3, 0.4) is 0 Å². The Kier molecular flexibility index (Phi) is 2.86. The number of hydrogen-bond acceptors (Lipinski definition) is 5. The van der Waals surface area contributed by atoms with Crippen molar-refractivity contribution in [2.24, 2.45) is 5.10 Å². The van der Waals surface area contributed by atoms with E-state index in [9.17, 15) is 4.79 Å². The third-order valence-corrected chi connectivity index (χ3v) is 2.89. The second-order valence-electron chi connectivity index (χ2n) is 4.08. The molecule has 1 heterocycles. The van der Waals surface area contributed by atoms with Crippen LogP contribution >= 0.6 is 0 Å². The van der Waals surface area contributed by atoms with Gasteiger partial charge in [0.1, 0.15) is 12.6 Å². The molecule has 0 aliphatic carbocycles. The number of benzene rings is 2. The number of rotatable bonds is 3. The van der Waals surface area contributed by atoms with Crippen molar-refractivity contribution in [1.29, 1.82) is 0 Å². The highest BCUT2D eigenvalue weighted by Crippen LogP contribution is 2.30. The molecule has 1 aliphatic rings. The topological polar surface area (TPSA) is 56.7 Å². The van der Waals surface area contributed by atoms with Gasteiger partial charge in [0.15, 0.2) is 0 Å². The summed E-state index contributed by atoms with van der Waals surface area (Å²) < 4.78 is 0. The van der Waals surface area contributed by atoms with Crippen LogP contribution in [0.15, 0.2) is 53.6 Å². The van der Waals surface area contributed by atoms with E-state index in [4.69, 9.17) is 0 Å². The largest absolute Gasteiger partial charge is 0.298 e. The first-order valence-electron chi connectivity index (χ1n) is 5.86. The maximum Gasteiger partial charge on any atom is 0.150 e. The number of carbonyl (C=O) groups is 1. The molecule has 2 aromatic rings. The number of hydrazine groups is 2. The number of hydrogen-bond donors (Lipinski definition) is 2. The molecule has 1 aliphatic heterocycles. The fourth-order valence-corrected chi connectivity index (χ4v) is 1.99. The van der Waals surface area contributed by atoms with Crippen LogP contribution in [-0.2, 0) is 0 Å². The minimum Gasteiger partial charge on any atom is -0.298 e. The number of aldehydes is 1. The van der Waals surface area contributed by atoms with Gasteiger partial charge in [-0.1, -0.05) is 42.5 Å². The Hall–Kier alpha value is -2.82. The summed E-state index contributed by atoms with van der Waals surface area (Å²) >= 11 is 0. The van der Waals surface area contributed by atoms with E-state index in [0.29, 0.717) is 5.56 Å². The Labute approximate surface area is 110 Å². The van der Waals surface area contributed by atoms with Crippen molar-refractivity contribution in [3.05, 3.63) is 54.1 Å². The summed E-state index contributed by atoms with van der Waals surface area (Å²) in [7, 11) is 0. The Balaban J connectivity index is 2.10. The number of carbonyl (C=O) groups excluding carboxylic acids is 1. The molecule has 5 nitrogen and oxygen atoms in total. The maximum absolute atomic E-state index is 10.9. The molecule has 0 bridgehead atoms. The molecule has 0 spiro atoms. The number of hydrazone groups is 1. The Morgan fingerprint density at radius 3 is 2.63 bits per heavy atom. The predicted molar refractivity (Wildman–Crippen MR) is 74.5 cm³/mol. The van der Waals surface area contributed by atoms with E-state index in [2.05, 4.69) is 16.1 Å². The zero-order valence-corrected chi connectivity index (χ0v) is 10.1. The highest BCUT2D eigenvalue weighted by molar-refractivity contribution is 5.85. The van der Waals surface area contributed by atoms with Crippen LogP contribution in [0.2, 0.25) is 0 Å². The van der Waals surface area contributed by atoms with Crippen LogP contribution in [0.1, 0.15) is 10.4 Å². The van der Waals surface area contributed by atoms with Gasteiger partial charge in [0.25, 0.3) is 0 Å². The van der Waals surface area contributed by atoms with Crippen molar-refractivity contribution >= 4 is 18.3 Å². The van der Waals surface area contributed by atoms with Crippen LogP contribution in [-0.4, -0.2) is 12.6 Å². The second kappa shape index (κ2) is 4.81. The van der Waals surface area contributed by atoms with E-state index in [1.807, 2.05) is 42.5 Å². The zero-order chi connectivity index (χ0) is 13.1. The van der Waals surface area contributed by atoms with Gasteiger partial charge in [-0.3, -0.25) is 10.2 Å². The minimum atomic E-state index is 0.616. The number of anilines is 1. The van der Waals surface area contributed by atoms with Gasteiger partial charge in [0.2, 0.25) is 0 Å². The van der Waals surface area contributed by atoms with Gasteiger partial charge < -0.3 is 0 Å². The zero-order valence-electron chi connectivity index (χ0n) is 10.1. The summed E-state index contributed by atoms with van der Waals surface area (Å²) in [5.74, 6) is 0. The van der Waals surface area contributed by atoms with Crippen LogP contribution in [0.5, 0.6) is 0 Å². The predicted octanol–water partition coefficient (Wildman–Crippen LogP) is 1.94. The molecular formula is C14H12N4O. The van der Waals surface area contributed by atoms with Crippen molar-refractivity contribution in [3.63, 3.8) is 0 Å². The molecule has 94 valence electrons. The van der Waals surface area contributed by atoms with E-state index < -0.39 is 0 Å². The summed E-state index contributed by atoms with van der Waals surface area (Å²) in [6.45, 7) is 0. The molecule has 0 amide bonds. The molecule has 0 unspecified atom stereocenters. The monoisotopic (exact) mass is 252 g/mol.